The average Bonchev–Trinajstić information content (AvgIpc) is 3.15. The highest BCUT2D eigenvalue weighted by atomic mass is 32.2. The van der Waals surface area contributed by atoms with E-state index in [0.29, 0.717) is 32.3 Å². The van der Waals surface area contributed by atoms with Crippen LogP contribution in [0.3, 0.4) is 0 Å². The molecule has 0 bridgehead atoms. The molecule has 2 N–H and O–H groups in total. The van der Waals surface area contributed by atoms with Crippen LogP contribution in [0.2, 0.25) is 0 Å². The molecule has 0 aliphatic rings. The van der Waals surface area contributed by atoms with E-state index in [2.05, 4.69) is 20.8 Å². The fraction of sp³-hybridized carbons (Fsp3) is 0.167. The van der Waals surface area contributed by atoms with Gasteiger partial charge in [-0.25, -0.2) is 4.39 Å². The Bertz CT molecular complexity index is 968. The van der Waals surface area contributed by atoms with Crippen molar-refractivity contribution in [2.24, 2.45) is 0 Å². The molecular weight excluding hydrogens is 403 g/mol. The third-order valence-electron chi connectivity index (χ3n) is 3.52. The van der Waals surface area contributed by atoms with Crippen molar-refractivity contribution < 1.29 is 18.7 Å². The largest absolute Gasteiger partial charge is 0.493 e. The van der Waals surface area contributed by atoms with Crippen LogP contribution >= 0.6 is 23.1 Å². The molecule has 0 aliphatic heterocycles. The first-order chi connectivity index (χ1) is 13.6. The smallest absolute Gasteiger partial charge is 0.234 e. The van der Waals surface area contributed by atoms with Gasteiger partial charge in [-0.3, -0.25) is 4.79 Å². The number of aromatic nitrogens is 2. The molecule has 0 aliphatic carbocycles. The second-order valence-corrected chi connectivity index (χ2v) is 7.58. The van der Waals surface area contributed by atoms with Gasteiger partial charge in [-0.05, 0) is 24.3 Å². The van der Waals surface area contributed by atoms with Crippen molar-refractivity contribution in [2.45, 2.75) is 4.34 Å². The topological polar surface area (TPSA) is 85.4 Å². The number of halogens is 1. The van der Waals surface area contributed by atoms with Crippen molar-refractivity contribution in [1.82, 2.24) is 10.2 Å². The second-order valence-electron chi connectivity index (χ2n) is 5.38. The lowest BCUT2D eigenvalue weighted by atomic mass is 10.2. The molecule has 1 amide bonds. The number of hydrogen-bond acceptors (Lipinski definition) is 8. The Morgan fingerprint density at radius 3 is 2.68 bits per heavy atom. The summed E-state index contributed by atoms with van der Waals surface area (Å²) in [7, 11) is 3.08. The number of ether oxygens (including phenoxy) is 2. The van der Waals surface area contributed by atoms with E-state index in [0.717, 1.165) is 0 Å². The van der Waals surface area contributed by atoms with Crippen LogP contribution in [0.25, 0.3) is 0 Å². The maximum atomic E-state index is 13.7. The van der Waals surface area contributed by atoms with Gasteiger partial charge in [0.1, 0.15) is 5.82 Å². The standard InChI is InChI=1S/C18H17FN4O3S2/c1-25-14-8-7-11(9-15(14)26-2)20-16(24)10-27-18-23-22-17(28-18)21-13-6-4-3-5-12(13)19/h3-9H,10H2,1-2H3,(H,20,24)(H,21,22). The van der Waals surface area contributed by atoms with Crippen molar-refractivity contribution in [3.05, 3.63) is 48.3 Å². The number of carbonyl (C=O) groups excluding carboxylic acids is 1. The molecule has 0 saturated carbocycles. The number of nitrogens with zero attached hydrogens (tertiary/aromatic N) is 2. The first-order valence-electron chi connectivity index (χ1n) is 8.09. The van der Waals surface area contributed by atoms with Crippen LogP contribution < -0.4 is 20.1 Å². The SMILES string of the molecule is COc1ccc(NC(=O)CSc2nnc(Nc3ccccc3F)s2)cc1OC. The number of para-hydroxylation sites is 1. The molecular formula is C18H17FN4O3S2. The molecule has 0 unspecified atom stereocenters. The summed E-state index contributed by atoms with van der Waals surface area (Å²) in [6.45, 7) is 0. The summed E-state index contributed by atoms with van der Waals surface area (Å²) in [6.07, 6.45) is 0. The van der Waals surface area contributed by atoms with Crippen molar-refractivity contribution in [2.75, 3.05) is 30.6 Å². The van der Waals surface area contributed by atoms with Crippen molar-refractivity contribution in [3.63, 3.8) is 0 Å². The summed E-state index contributed by atoms with van der Waals surface area (Å²) in [5.41, 5.74) is 0.920. The zero-order valence-corrected chi connectivity index (χ0v) is 16.7. The number of methoxy groups -OCH3 is 2. The maximum Gasteiger partial charge on any atom is 0.234 e. The molecule has 3 aromatic rings. The lowest BCUT2D eigenvalue weighted by Crippen LogP contribution is -2.14. The summed E-state index contributed by atoms with van der Waals surface area (Å²) < 4.78 is 24.6. The van der Waals surface area contributed by atoms with Crippen LogP contribution in [0.5, 0.6) is 11.5 Å². The molecule has 2 aromatic carbocycles. The number of carbonyl (C=O) groups is 1. The molecule has 146 valence electrons. The maximum absolute atomic E-state index is 13.7. The highest BCUT2D eigenvalue weighted by Gasteiger charge is 2.11. The molecule has 0 atom stereocenters. The predicted octanol–water partition coefficient (Wildman–Crippen LogP) is 4.17. The van der Waals surface area contributed by atoms with Crippen molar-refractivity contribution in [1.29, 1.82) is 0 Å². The van der Waals surface area contributed by atoms with E-state index in [1.165, 1.54) is 36.3 Å². The molecule has 28 heavy (non-hydrogen) atoms. The second kappa shape index (κ2) is 9.38. The molecule has 1 aromatic heterocycles. The van der Waals surface area contributed by atoms with E-state index in [1.54, 1.807) is 43.5 Å². The predicted molar refractivity (Wildman–Crippen MR) is 108 cm³/mol. The molecule has 7 nitrogen and oxygen atoms in total. The van der Waals surface area contributed by atoms with E-state index < -0.39 is 0 Å². The number of hydrogen-bond donors (Lipinski definition) is 2. The first-order valence-corrected chi connectivity index (χ1v) is 9.89. The van der Waals surface area contributed by atoms with Gasteiger partial charge in [0.05, 0.1) is 25.7 Å². The van der Waals surface area contributed by atoms with Crippen LogP contribution in [0.4, 0.5) is 20.9 Å². The van der Waals surface area contributed by atoms with Gasteiger partial charge < -0.3 is 20.1 Å². The highest BCUT2D eigenvalue weighted by molar-refractivity contribution is 8.01. The Balaban J connectivity index is 1.54. The Morgan fingerprint density at radius 2 is 1.93 bits per heavy atom. The average molecular weight is 420 g/mol. The molecule has 1 heterocycles. The van der Waals surface area contributed by atoms with Gasteiger partial charge in [-0.15, -0.1) is 10.2 Å². The molecule has 10 heteroatoms. The summed E-state index contributed by atoms with van der Waals surface area (Å²) in [4.78, 5) is 12.2. The van der Waals surface area contributed by atoms with Crippen LogP contribution in [-0.4, -0.2) is 36.1 Å². The number of anilines is 3. The molecule has 0 radical (unpaired) electrons. The van der Waals surface area contributed by atoms with Crippen LogP contribution in [0.15, 0.2) is 46.8 Å². The van der Waals surface area contributed by atoms with Gasteiger partial charge in [0.15, 0.2) is 15.8 Å². The minimum atomic E-state index is -0.374. The Labute approximate surface area is 169 Å². The monoisotopic (exact) mass is 420 g/mol. The lowest BCUT2D eigenvalue weighted by Gasteiger charge is -2.10. The normalized spacial score (nSPS) is 10.4. The van der Waals surface area contributed by atoms with Gasteiger partial charge in [-0.2, -0.15) is 0 Å². The van der Waals surface area contributed by atoms with Crippen molar-refractivity contribution in [3.8, 4) is 11.5 Å². The Morgan fingerprint density at radius 1 is 1.14 bits per heavy atom. The third kappa shape index (κ3) is 5.11. The van der Waals surface area contributed by atoms with Gasteiger partial charge in [0.2, 0.25) is 11.0 Å². The number of benzene rings is 2. The van der Waals surface area contributed by atoms with E-state index >= 15 is 0 Å². The number of amides is 1. The first kappa shape index (κ1) is 19.9. The summed E-state index contributed by atoms with van der Waals surface area (Å²) in [5.74, 6) is 0.694. The van der Waals surface area contributed by atoms with E-state index in [9.17, 15) is 9.18 Å². The van der Waals surface area contributed by atoms with Gasteiger partial charge in [-0.1, -0.05) is 35.2 Å². The summed E-state index contributed by atoms with van der Waals surface area (Å²) in [5, 5.41) is 14.1. The number of thioether (sulfide) groups is 1. The molecule has 3 rings (SSSR count). The Hall–Kier alpha value is -2.85. The highest BCUT2D eigenvalue weighted by Crippen LogP contribution is 2.31. The quantitative estimate of drug-likeness (QED) is 0.529. The molecule has 0 fully saturated rings. The molecule has 0 saturated heterocycles. The summed E-state index contributed by atoms with van der Waals surface area (Å²) in [6, 6.07) is 11.4. The van der Waals surface area contributed by atoms with E-state index in [4.69, 9.17) is 9.47 Å². The van der Waals surface area contributed by atoms with Crippen LogP contribution in [0.1, 0.15) is 0 Å². The minimum absolute atomic E-state index is 0.155. The Kier molecular flexibility index (Phi) is 6.66. The van der Waals surface area contributed by atoms with Crippen molar-refractivity contribution >= 4 is 45.5 Å². The van der Waals surface area contributed by atoms with Crippen LogP contribution in [-0.2, 0) is 4.79 Å². The minimum Gasteiger partial charge on any atom is -0.493 e. The van der Waals surface area contributed by atoms with Crippen LogP contribution in [0, 0.1) is 5.82 Å². The van der Waals surface area contributed by atoms with Gasteiger partial charge in [0.25, 0.3) is 0 Å². The van der Waals surface area contributed by atoms with E-state index in [-0.39, 0.29) is 17.5 Å². The third-order valence-corrected chi connectivity index (χ3v) is 5.49. The summed E-state index contributed by atoms with van der Waals surface area (Å²) >= 11 is 2.49. The fourth-order valence-electron chi connectivity index (χ4n) is 2.23. The number of rotatable bonds is 8. The van der Waals surface area contributed by atoms with E-state index in [1.807, 2.05) is 0 Å². The zero-order valence-electron chi connectivity index (χ0n) is 15.1. The zero-order chi connectivity index (χ0) is 19.9. The fourth-order valence-corrected chi connectivity index (χ4v) is 3.80. The number of nitrogens with one attached hydrogen (secondary N) is 2. The molecule has 0 spiro atoms. The lowest BCUT2D eigenvalue weighted by molar-refractivity contribution is -0.113. The van der Waals surface area contributed by atoms with Gasteiger partial charge >= 0.3 is 0 Å². The van der Waals surface area contributed by atoms with Gasteiger partial charge in [0, 0.05) is 11.8 Å².